The quantitative estimate of drug-likeness (QED) is 0.492. The number of hydrogen-bond donors (Lipinski definition) is 1. The van der Waals surface area contributed by atoms with Gasteiger partial charge in [0.1, 0.15) is 16.4 Å². The molecule has 0 aliphatic heterocycles. The van der Waals surface area contributed by atoms with Crippen LogP contribution in [0.1, 0.15) is 29.8 Å². The second-order valence-corrected chi connectivity index (χ2v) is 10.1. The van der Waals surface area contributed by atoms with Crippen LogP contribution >= 0.6 is 11.8 Å². The minimum Gasteiger partial charge on any atom is -0.496 e. The van der Waals surface area contributed by atoms with Gasteiger partial charge in [0, 0.05) is 36.7 Å². The zero-order valence-corrected chi connectivity index (χ0v) is 20.4. The predicted molar refractivity (Wildman–Crippen MR) is 126 cm³/mol. The minimum absolute atomic E-state index is 0.0133. The molecule has 0 fully saturated rings. The molecule has 0 aliphatic rings. The van der Waals surface area contributed by atoms with E-state index in [4.69, 9.17) is 9.47 Å². The van der Waals surface area contributed by atoms with Crippen molar-refractivity contribution in [1.82, 2.24) is 4.31 Å². The van der Waals surface area contributed by atoms with E-state index >= 15 is 0 Å². The van der Waals surface area contributed by atoms with Crippen molar-refractivity contribution in [2.24, 2.45) is 0 Å². The molecular formula is C22H28N2O6S2. The average molecular weight is 481 g/mol. The van der Waals surface area contributed by atoms with Gasteiger partial charge in [-0.2, -0.15) is 0 Å². The summed E-state index contributed by atoms with van der Waals surface area (Å²) in [6.07, 6.45) is 0. The summed E-state index contributed by atoms with van der Waals surface area (Å²) in [5.41, 5.74) is 1.75. The maximum Gasteiger partial charge on any atom is 0.246 e. The average Bonchev–Trinajstić information content (AvgIpc) is 2.74. The molecule has 2 aromatic rings. The van der Waals surface area contributed by atoms with Crippen molar-refractivity contribution in [3.8, 4) is 11.5 Å². The van der Waals surface area contributed by atoms with E-state index in [9.17, 15) is 18.0 Å². The second kappa shape index (κ2) is 11.3. The van der Waals surface area contributed by atoms with Crippen molar-refractivity contribution >= 4 is 39.2 Å². The van der Waals surface area contributed by atoms with Gasteiger partial charge in [-0.15, -0.1) is 11.8 Å². The van der Waals surface area contributed by atoms with E-state index in [0.717, 1.165) is 9.87 Å². The molecular weight excluding hydrogens is 452 g/mol. The van der Waals surface area contributed by atoms with Gasteiger partial charge >= 0.3 is 0 Å². The van der Waals surface area contributed by atoms with Crippen molar-refractivity contribution in [1.29, 1.82) is 0 Å². The van der Waals surface area contributed by atoms with Crippen molar-refractivity contribution in [2.75, 3.05) is 38.9 Å². The van der Waals surface area contributed by atoms with Crippen LogP contribution in [-0.4, -0.2) is 58.0 Å². The molecule has 0 atom stereocenters. The van der Waals surface area contributed by atoms with E-state index < -0.39 is 10.0 Å². The molecule has 0 radical (unpaired) electrons. The second-order valence-electron chi connectivity index (χ2n) is 7.01. The lowest BCUT2D eigenvalue weighted by atomic mass is 10.1. The smallest absolute Gasteiger partial charge is 0.246 e. The molecule has 8 nitrogen and oxygen atoms in total. The number of carbonyl (C=O) groups is 2. The van der Waals surface area contributed by atoms with Gasteiger partial charge in [-0.1, -0.05) is 0 Å². The summed E-state index contributed by atoms with van der Waals surface area (Å²) in [5, 5.41) is 2.72. The number of rotatable bonds is 11. The lowest BCUT2D eigenvalue weighted by Crippen LogP contribution is -2.23. The highest BCUT2D eigenvalue weighted by Gasteiger charge is 2.23. The molecule has 0 saturated heterocycles. The third-order valence-electron chi connectivity index (χ3n) is 4.46. The fourth-order valence-electron chi connectivity index (χ4n) is 2.82. The molecule has 0 aromatic heterocycles. The lowest BCUT2D eigenvalue weighted by molar-refractivity contribution is -0.113. The largest absolute Gasteiger partial charge is 0.496 e. The molecule has 32 heavy (non-hydrogen) atoms. The summed E-state index contributed by atoms with van der Waals surface area (Å²) in [4.78, 5) is 24.0. The lowest BCUT2D eigenvalue weighted by Gasteiger charge is -2.16. The maximum absolute atomic E-state index is 12.6. The summed E-state index contributed by atoms with van der Waals surface area (Å²) in [6.45, 7) is 3.57. The van der Waals surface area contributed by atoms with Crippen molar-refractivity contribution in [2.45, 2.75) is 24.5 Å². The molecule has 10 heteroatoms. The van der Waals surface area contributed by atoms with Crippen molar-refractivity contribution < 1.29 is 27.5 Å². The molecule has 0 unspecified atom stereocenters. The van der Waals surface area contributed by atoms with E-state index in [1.807, 2.05) is 0 Å². The fourth-order valence-corrected chi connectivity index (χ4v) is 4.68. The number of sulfonamides is 1. The Morgan fingerprint density at radius 1 is 1.09 bits per heavy atom. The van der Waals surface area contributed by atoms with Crippen LogP contribution in [-0.2, 0) is 20.6 Å². The Labute approximate surface area is 193 Å². The number of thioether (sulfide) groups is 1. The van der Waals surface area contributed by atoms with Crippen LogP contribution < -0.4 is 14.8 Å². The SMILES string of the molecule is CCOc1ccc(NC(=O)CSCc2cc(C(C)=O)ccc2OC)cc1S(=O)(=O)N(C)C. The number of methoxy groups -OCH3 is 1. The van der Waals surface area contributed by atoms with Gasteiger partial charge in [-0.25, -0.2) is 12.7 Å². The number of amides is 1. The minimum atomic E-state index is -3.75. The van der Waals surface area contributed by atoms with Gasteiger partial charge in [-0.3, -0.25) is 9.59 Å². The molecule has 1 amide bonds. The zero-order valence-electron chi connectivity index (χ0n) is 18.8. The van der Waals surface area contributed by atoms with Gasteiger partial charge in [0.05, 0.1) is 19.5 Å². The van der Waals surface area contributed by atoms with Crippen LogP contribution in [0.4, 0.5) is 5.69 Å². The van der Waals surface area contributed by atoms with Gasteiger partial charge in [0.2, 0.25) is 15.9 Å². The predicted octanol–water partition coefficient (Wildman–Crippen LogP) is 3.42. The van der Waals surface area contributed by atoms with Gasteiger partial charge < -0.3 is 14.8 Å². The highest BCUT2D eigenvalue weighted by molar-refractivity contribution is 7.99. The Morgan fingerprint density at radius 2 is 1.78 bits per heavy atom. The third-order valence-corrected chi connectivity index (χ3v) is 7.28. The molecule has 0 aliphatic carbocycles. The molecule has 2 rings (SSSR count). The monoisotopic (exact) mass is 480 g/mol. The third kappa shape index (κ3) is 6.47. The molecule has 2 aromatic carbocycles. The van der Waals surface area contributed by atoms with Crippen LogP contribution in [0.15, 0.2) is 41.3 Å². The van der Waals surface area contributed by atoms with Crippen molar-refractivity contribution in [3.05, 3.63) is 47.5 Å². The van der Waals surface area contributed by atoms with Crippen LogP contribution in [0, 0.1) is 0 Å². The van der Waals surface area contributed by atoms with E-state index in [1.165, 1.54) is 44.9 Å². The number of benzene rings is 2. The van der Waals surface area contributed by atoms with Crippen LogP contribution in [0.3, 0.4) is 0 Å². The summed E-state index contributed by atoms with van der Waals surface area (Å²) in [6, 6.07) is 9.72. The number of ether oxygens (including phenoxy) is 2. The number of hydrogen-bond acceptors (Lipinski definition) is 7. The van der Waals surface area contributed by atoms with Crippen LogP contribution in [0.5, 0.6) is 11.5 Å². The van der Waals surface area contributed by atoms with Gasteiger partial charge in [0.15, 0.2) is 5.78 Å². The summed E-state index contributed by atoms with van der Waals surface area (Å²) < 4.78 is 37.1. The molecule has 0 spiro atoms. The molecule has 1 N–H and O–H groups in total. The Hall–Kier alpha value is -2.56. The van der Waals surface area contributed by atoms with E-state index in [0.29, 0.717) is 29.4 Å². The Balaban J connectivity index is 2.09. The van der Waals surface area contributed by atoms with Crippen LogP contribution in [0.25, 0.3) is 0 Å². The zero-order chi connectivity index (χ0) is 23.9. The Morgan fingerprint density at radius 3 is 2.38 bits per heavy atom. The molecule has 0 bridgehead atoms. The van der Waals surface area contributed by atoms with E-state index in [-0.39, 0.29) is 28.1 Å². The number of carbonyl (C=O) groups excluding carboxylic acids is 2. The molecule has 0 saturated carbocycles. The standard InChI is InChI=1S/C22H28N2O6S2/c1-6-30-20-10-8-18(12-21(20)32(27,28)24(3)4)23-22(26)14-31-13-17-11-16(15(2)25)7-9-19(17)29-5/h7-12H,6,13-14H2,1-5H3,(H,23,26). The normalized spacial score (nSPS) is 11.3. The number of Topliss-reactive ketones (excluding diaryl/α,β-unsaturated/α-hetero) is 1. The number of anilines is 1. The van der Waals surface area contributed by atoms with Crippen molar-refractivity contribution in [3.63, 3.8) is 0 Å². The fraction of sp³-hybridized carbons (Fsp3) is 0.364. The number of ketones is 1. The first-order valence-corrected chi connectivity index (χ1v) is 12.4. The summed E-state index contributed by atoms with van der Waals surface area (Å²) in [5.74, 6) is 1.15. The first kappa shape index (κ1) is 25.7. The van der Waals surface area contributed by atoms with Gasteiger partial charge in [-0.05, 0) is 50.2 Å². The van der Waals surface area contributed by atoms with E-state index in [1.54, 1.807) is 38.3 Å². The highest BCUT2D eigenvalue weighted by Crippen LogP contribution is 2.30. The first-order chi connectivity index (χ1) is 15.1. The Bertz CT molecular complexity index is 1080. The number of nitrogens with zero attached hydrogens (tertiary/aromatic N) is 1. The molecule has 0 heterocycles. The van der Waals surface area contributed by atoms with Crippen LogP contribution in [0.2, 0.25) is 0 Å². The summed E-state index contributed by atoms with van der Waals surface area (Å²) in [7, 11) is 0.667. The van der Waals surface area contributed by atoms with E-state index in [2.05, 4.69) is 5.32 Å². The number of nitrogens with one attached hydrogen (secondary N) is 1. The summed E-state index contributed by atoms with van der Waals surface area (Å²) >= 11 is 1.36. The maximum atomic E-state index is 12.6. The molecule has 174 valence electrons. The van der Waals surface area contributed by atoms with Gasteiger partial charge in [0.25, 0.3) is 0 Å². The Kier molecular flexibility index (Phi) is 9.11. The highest BCUT2D eigenvalue weighted by atomic mass is 32.2. The topological polar surface area (TPSA) is 102 Å². The first-order valence-electron chi connectivity index (χ1n) is 9.85.